The molecule has 1 saturated heterocycles. The summed E-state index contributed by atoms with van der Waals surface area (Å²) in [4.78, 5) is 23.5. The van der Waals surface area contributed by atoms with Crippen molar-refractivity contribution in [2.75, 3.05) is 18.8 Å². The van der Waals surface area contributed by atoms with Gasteiger partial charge < -0.3 is 21.5 Å². The summed E-state index contributed by atoms with van der Waals surface area (Å²) in [5.41, 5.74) is 10.3. The summed E-state index contributed by atoms with van der Waals surface area (Å²) < 4.78 is 1.49. The molecule has 5 N–H and O–H groups in total. The lowest BCUT2D eigenvalue weighted by molar-refractivity contribution is 0.0888. The van der Waals surface area contributed by atoms with Crippen LogP contribution in [0.3, 0.4) is 0 Å². The third-order valence-corrected chi connectivity index (χ3v) is 3.87. The van der Waals surface area contributed by atoms with E-state index in [0.717, 1.165) is 0 Å². The van der Waals surface area contributed by atoms with Crippen LogP contribution >= 0.6 is 0 Å². The molecule has 21 heavy (non-hydrogen) atoms. The average Bonchev–Trinajstić information content (AvgIpc) is 2.82. The van der Waals surface area contributed by atoms with Crippen LogP contribution in [0, 0.1) is 11.3 Å². The van der Waals surface area contributed by atoms with E-state index in [0.29, 0.717) is 25.9 Å². The fourth-order valence-corrected chi connectivity index (χ4v) is 2.57. The quantitative estimate of drug-likeness (QED) is 0.710. The third kappa shape index (κ3) is 2.60. The molecule has 1 aliphatic rings. The Kier molecular flexibility index (Phi) is 3.71. The van der Waals surface area contributed by atoms with Crippen molar-refractivity contribution in [1.82, 2.24) is 14.7 Å². The number of nitrogens with two attached hydrogens (primary N) is 2. The number of carboxylic acid groups (broad SMARTS) is 1. The van der Waals surface area contributed by atoms with Crippen molar-refractivity contribution in [3.63, 3.8) is 0 Å². The van der Waals surface area contributed by atoms with Crippen molar-refractivity contribution in [3.8, 4) is 6.07 Å². The minimum absolute atomic E-state index is 0.0143. The van der Waals surface area contributed by atoms with Crippen LogP contribution in [0.2, 0.25) is 0 Å². The van der Waals surface area contributed by atoms with Crippen molar-refractivity contribution < 1.29 is 14.7 Å². The number of nitrogen functional groups attached to an aromatic ring is 1. The van der Waals surface area contributed by atoms with E-state index in [1.807, 2.05) is 0 Å². The molecule has 112 valence electrons. The first-order chi connectivity index (χ1) is 9.89. The van der Waals surface area contributed by atoms with Crippen LogP contribution < -0.4 is 11.5 Å². The van der Waals surface area contributed by atoms with E-state index in [-0.39, 0.29) is 17.8 Å². The van der Waals surface area contributed by atoms with E-state index >= 15 is 0 Å². The van der Waals surface area contributed by atoms with Crippen LogP contribution in [-0.4, -0.2) is 44.9 Å². The molecule has 9 heteroatoms. The maximum absolute atomic E-state index is 11.3. The van der Waals surface area contributed by atoms with Crippen molar-refractivity contribution in [2.45, 2.75) is 24.8 Å². The number of aromatic nitrogens is 2. The molecule has 1 fully saturated rings. The molecule has 1 aliphatic heterocycles. The lowest BCUT2D eigenvalue weighted by Gasteiger charge is -2.39. The Morgan fingerprint density at radius 2 is 2.10 bits per heavy atom. The molecule has 0 atom stereocenters. The van der Waals surface area contributed by atoms with Crippen LogP contribution in [0.4, 0.5) is 10.6 Å². The second kappa shape index (κ2) is 5.32. The Morgan fingerprint density at radius 1 is 1.48 bits per heavy atom. The van der Waals surface area contributed by atoms with Gasteiger partial charge in [0, 0.05) is 19.3 Å². The molecule has 9 nitrogen and oxygen atoms in total. The molecule has 0 spiro atoms. The monoisotopic (exact) mass is 292 g/mol. The number of primary amides is 1. The summed E-state index contributed by atoms with van der Waals surface area (Å²) in [6.45, 7) is 0.589. The number of likely N-dealkylation sites (tertiary alicyclic amines) is 1. The summed E-state index contributed by atoms with van der Waals surface area (Å²) in [5.74, 6) is -0.672. The van der Waals surface area contributed by atoms with Gasteiger partial charge in [-0.2, -0.15) is 10.4 Å². The highest BCUT2D eigenvalue weighted by Gasteiger charge is 2.39. The highest BCUT2D eigenvalue weighted by atomic mass is 16.4. The molecule has 1 aromatic heterocycles. The Labute approximate surface area is 120 Å². The number of piperidine rings is 1. The second-order valence-electron chi connectivity index (χ2n) is 5.07. The Hall–Kier alpha value is -2.76. The van der Waals surface area contributed by atoms with Crippen LogP contribution in [0.25, 0.3) is 0 Å². The van der Waals surface area contributed by atoms with Crippen molar-refractivity contribution >= 4 is 17.8 Å². The van der Waals surface area contributed by atoms with E-state index in [4.69, 9.17) is 21.8 Å². The van der Waals surface area contributed by atoms with Crippen LogP contribution in [-0.2, 0) is 5.54 Å². The second-order valence-corrected chi connectivity index (χ2v) is 5.07. The van der Waals surface area contributed by atoms with Gasteiger partial charge in [-0.25, -0.2) is 4.79 Å². The minimum Gasteiger partial charge on any atom is -0.465 e. The van der Waals surface area contributed by atoms with Gasteiger partial charge in [0.15, 0.2) is 5.82 Å². The van der Waals surface area contributed by atoms with Gasteiger partial charge in [-0.3, -0.25) is 9.48 Å². The highest BCUT2D eigenvalue weighted by Crippen LogP contribution is 2.34. The van der Waals surface area contributed by atoms with Crippen LogP contribution in [0.5, 0.6) is 0 Å². The number of amides is 2. The molecular weight excluding hydrogens is 276 g/mol. The highest BCUT2D eigenvalue weighted by molar-refractivity contribution is 5.96. The van der Waals surface area contributed by atoms with Crippen molar-refractivity contribution in [3.05, 3.63) is 11.8 Å². The number of rotatable bonds is 3. The van der Waals surface area contributed by atoms with Crippen molar-refractivity contribution in [2.24, 2.45) is 5.73 Å². The van der Waals surface area contributed by atoms with Gasteiger partial charge in [0.25, 0.3) is 5.91 Å². The lowest BCUT2D eigenvalue weighted by Crippen LogP contribution is -2.47. The van der Waals surface area contributed by atoms with E-state index in [9.17, 15) is 9.59 Å². The number of hydrogen-bond acceptors (Lipinski definition) is 5. The number of hydrogen-bond donors (Lipinski definition) is 3. The van der Waals surface area contributed by atoms with Gasteiger partial charge >= 0.3 is 6.09 Å². The van der Waals surface area contributed by atoms with Gasteiger partial charge in [0.1, 0.15) is 5.56 Å². The lowest BCUT2D eigenvalue weighted by atomic mass is 9.85. The smallest absolute Gasteiger partial charge is 0.407 e. The molecule has 2 rings (SSSR count). The van der Waals surface area contributed by atoms with E-state index < -0.39 is 17.5 Å². The van der Waals surface area contributed by atoms with Gasteiger partial charge in [0.05, 0.1) is 18.0 Å². The third-order valence-electron chi connectivity index (χ3n) is 3.87. The molecule has 0 radical (unpaired) electrons. The summed E-state index contributed by atoms with van der Waals surface area (Å²) in [7, 11) is 0. The number of nitrogens with zero attached hydrogens (tertiary/aromatic N) is 4. The largest absolute Gasteiger partial charge is 0.465 e. The summed E-state index contributed by atoms with van der Waals surface area (Å²) in [6.07, 6.45) is 1.45. The molecular formula is C12H16N6O3. The maximum atomic E-state index is 11.3. The average molecular weight is 292 g/mol. The topological polar surface area (TPSA) is 151 Å². The summed E-state index contributed by atoms with van der Waals surface area (Å²) >= 11 is 0. The molecule has 0 saturated carbocycles. The van der Waals surface area contributed by atoms with E-state index in [1.165, 1.54) is 15.8 Å². The number of carbonyl (C=O) groups excluding carboxylic acids is 1. The Bertz CT molecular complexity index is 609. The molecule has 0 unspecified atom stereocenters. The first kappa shape index (κ1) is 14.6. The predicted molar refractivity (Wildman–Crippen MR) is 72.2 cm³/mol. The first-order valence-electron chi connectivity index (χ1n) is 6.40. The van der Waals surface area contributed by atoms with Gasteiger partial charge in [-0.15, -0.1) is 0 Å². The van der Waals surface area contributed by atoms with Gasteiger partial charge in [-0.05, 0) is 12.8 Å². The molecule has 0 aliphatic carbocycles. The van der Waals surface area contributed by atoms with E-state index in [1.54, 1.807) is 0 Å². The Morgan fingerprint density at radius 3 is 2.52 bits per heavy atom. The maximum Gasteiger partial charge on any atom is 0.407 e. The Balaban J connectivity index is 2.32. The zero-order valence-electron chi connectivity index (χ0n) is 11.3. The number of anilines is 1. The molecule has 2 heterocycles. The molecule has 0 aromatic carbocycles. The molecule has 1 aromatic rings. The standard InChI is InChI=1S/C12H16N6O3/c13-4-1-12(2-5-17(6-3-12)11(20)21)18-7-8(10(15)19)9(14)16-18/h7H,1-3,5-6H2,(H2,14,16)(H2,15,19)(H,20,21). The van der Waals surface area contributed by atoms with Gasteiger partial charge in [-0.1, -0.05) is 0 Å². The molecule has 2 amide bonds. The van der Waals surface area contributed by atoms with E-state index in [2.05, 4.69) is 11.2 Å². The summed E-state index contributed by atoms with van der Waals surface area (Å²) in [6, 6.07) is 2.09. The summed E-state index contributed by atoms with van der Waals surface area (Å²) in [5, 5.41) is 22.1. The minimum atomic E-state index is -0.988. The SMILES string of the molecule is N#CCC1(n2cc(C(N)=O)c(N)n2)CCN(C(=O)O)CC1. The fourth-order valence-electron chi connectivity index (χ4n) is 2.57. The van der Waals surface area contributed by atoms with Crippen LogP contribution in [0.1, 0.15) is 29.6 Å². The fraction of sp³-hybridized carbons (Fsp3) is 0.500. The van der Waals surface area contributed by atoms with Gasteiger partial charge in [0.2, 0.25) is 0 Å². The zero-order chi connectivity index (χ0) is 15.6. The first-order valence-corrected chi connectivity index (χ1v) is 6.40. The predicted octanol–water partition coefficient (Wildman–Crippen LogP) is -0.0530. The number of carbonyl (C=O) groups is 2. The van der Waals surface area contributed by atoms with Crippen molar-refractivity contribution in [1.29, 1.82) is 5.26 Å². The normalized spacial score (nSPS) is 17.2. The van der Waals surface area contributed by atoms with Crippen LogP contribution in [0.15, 0.2) is 6.20 Å². The number of nitriles is 1. The zero-order valence-corrected chi connectivity index (χ0v) is 11.3. The molecule has 0 bridgehead atoms.